The lowest BCUT2D eigenvalue weighted by Gasteiger charge is -2.15. The highest BCUT2D eigenvalue weighted by atomic mass is 16.2. The predicted molar refractivity (Wildman–Crippen MR) is 125 cm³/mol. The Hall–Kier alpha value is -3.80. The molecule has 0 fully saturated rings. The van der Waals surface area contributed by atoms with E-state index in [1.807, 2.05) is 56.3 Å². The lowest BCUT2D eigenvalue weighted by atomic mass is 10.0. The molecule has 3 heterocycles. The summed E-state index contributed by atoms with van der Waals surface area (Å²) in [7, 11) is 0. The van der Waals surface area contributed by atoms with E-state index in [1.54, 1.807) is 4.68 Å². The minimum atomic E-state index is -0.352. The zero-order valence-corrected chi connectivity index (χ0v) is 18.8. The van der Waals surface area contributed by atoms with Gasteiger partial charge in [0.15, 0.2) is 5.65 Å². The Morgan fingerprint density at radius 1 is 0.844 bits per heavy atom. The number of rotatable bonds is 3. The summed E-state index contributed by atoms with van der Waals surface area (Å²) in [5.41, 5.74) is 6.86. The van der Waals surface area contributed by atoms with Crippen LogP contribution in [-0.4, -0.2) is 26.6 Å². The molecular weight excluding hydrogens is 400 g/mol. The van der Waals surface area contributed by atoms with Gasteiger partial charge >= 0.3 is 0 Å². The third-order valence-corrected chi connectivity index (χ3v) is 6.27. The SMILES string of the molecule is Cc1ccc(-n2nc(C)c3c4c(cnc32)C(=O)N(c2ccc(C(C)C)cc2)C4=O)cc1C. The molecule has 6 nitrogen and oxygen atoms in total. The molecule has 2 amide bonds. The molecule has 1 aliphatic heterocycles. The first-order valence-electron chi connectivity index (χ1n) is 10.7. The topological polar surface area (TPSA) is 68.1 Å². The number of carbonyl (C=O) groups excluding carboxylic acids is 2. The summed E-state index contributed by atoms with van der Waals surface area (Å²) in [6.07, 6.45) is 1.50. The van der Waals surface area contributed by atoms with Crippen LogP contribution < -0.4 is 4.90 Å². The number of carbonyl (C=O) groups is 2. The third kappa shape index (κ3) is 2.87. The normalized spacial score (nSPS) is 13.5. The van der Waals surface area contributed by atoms with Gasteiger partial charge in [0.25, 0.3) is 11.8 Å². The molecule has 0 N–H and O–H groups in total. The van der Waals surface area contributed by atoms with E-state index in [2.05, 4.69) is 30.9 Å². The molecule has 32 heavy (non-hydrogen) atoms. The number of aromatic nitrogens is 3. The Kier molecular flexibility index (Phi) is 4.48. The molecule has 4 aromatic rings. The maximum Gasteiger partial charge on any atom is 0.267 e. The Morgan fingerprint density at radius 2 is 1.53 bits per heavy atom. The van der Waals surface area contributed by atoms with Crippen LogP contribution in [0.1, 0.15) is 62.9 Å². The summed E-state index contributed by atoms with van der Waals surface area (Å²) in [6.45, 7) is 10.2. The van der Waals surface area contributed by atoms with Crippen molar-refractivity contribution < 1.29 is 9.59 Å². The van der Waals surface area contributed by atoms with Gasteiger partial charge in [-0.2, -0.15) is 5.10 Å². The fourth-order valence-corrected chi connectivity index (χ4v) is 4.24. The first-order valence-corrected chi connectivity index (χ1v) is 10.7. The minimum Gasteiger partial charge on any atom is -0.268 e. The van der Waals surface area contributed by atoms with Crippen molar-refractivity contribution in [3.05, 3.63) is 82.2 Å². The van der Waals surface area contributed by atoms with E-state index in [-0.39, 0.29) is 11.8 Å². The van der Waals surface area contributed by atoms with Crippen LogP contribution in [0.5, 0.6) is 0 Å². The van der Waals surface area contributed by atoms with E-state index >= 15 is 0 Å². The third-order valence-electron chi connectivity index (χ3n) is 6.27. The molecule has 6 heteroatoms. The average Bonchev–Trinajstić information content (AvgIpc) is 3.24. The molecule has 0 unspecified atom stereocenters. The van der Waals surface area contributed by atoms with Crippen LogP contribution in [0, 0.1) is 20.8 Å². The van der Waals surface area contributed by atoms with Gasteiger partial charge in [-0.1, -0.05) is 32.0 Å². The molecule has 0 saturated carbocycles. The lowest BCUT2D eigenvalue weighted by Crippen LogP contribution is -2.29. The van der Waals surface area contributed by atoms with E-state index in [1.165, 1.54) is 16.7 Å². The molecule has 0 aliphatic carbocycles. The summed E-state index contributed by atoms with van der Waals surface area (Å²) in [5, 5.41) is 5.29. The molecule has 0 bridgehead atoms. The van der Waals surface area contributed by atoms with Crippen LogP contribution in [0.3, 0.4) is 0 Å². The monoisotopic (exact) mass is 424 g/mol. The molecule has 0 radical (unpaired) electrons. The van der Waals surface area contributed by atoms with Crippen LogP contribution in [0.15, 0.2) is 48.7 Å². The van der Waals surface area contributed by atoms with Crippen LogP contribution in [0.25, 0.3) is 16.7 Å². The predicted octanol–water partition coefficient (Wildman–Crippen LogP) is 5.27. The second-order valence-electron chi connectivity index (χ2n) is 8.70. The summed E-state index contributed by atoms with van der Waals surface area (Å²) in [4.78, 5) is 32.4. The van der Waals surface area contributed by atoms with Gasteiger partial charge in [0, 0.05) is 6.20 Å². The molecule has 0 spiro atoms. The van der Waals surface area contributed by atoms with E-state index in [9.17, 15) is 9.59 Å². The second kappa shape index (κ2) is 7.12. The van der Waals surface area contributed by atoms with Gasteiger partial charge in [-0.3, -0.25) is 9.59 Å². The quantitative estimate of drug-likeness (QED) is 0.420. The number of imide groups is 1. The van der Waals surface area contributed by atoms with Gasteiger partial charge in [-0.05, 0) is 67.6 Å². The van der Waals surface area contributed by atoms with Gasteiger partial charge in [0.05, 0.1) is 33.6 Å². The fourth-order valence-electron chi connectivity index (χ4n) is 4.24. The maximum absolute atomic E-state index is 13.5. The molecule has 5 rings (SSSR count). The van der Waals surface area contributed by atoms with E-state index in [0.717, 1.165) is 16.8 Å². The molecule has 0 atom stereocenters. The zero-order valence-electron chi connectivity index (χ0n) is 18.8. The number of benzene rings is 2. The maximum atomic E-state index is 13.5. The van der Waals surface area contributed by atoms with E-state index in [0.29, 0.717) is 39.5 Å². The van der Waals surface area contributed by atoms with Crippen molar-refractivity contribution in [2.24, 2.45) is 0 Å². The summed E-state index contributed by atoms with van der Waals surface area (Å²) < 4.78 is 1.75. The van der Waals surface area contributed by atoms with Crippen molar-refractivity contribution in [3.63, 3.8) is 0 Å². The number of hydrogen-bond donors (Lipinski definition) is 0. The van der Waals surface area contributed by atoms with E-state index < -0.39 is 0 Å². The van der Waals surface area contributed by atoms with E-state index in [4.69, 9.17) is 0 Å². The number of pyridine rings is 1. The highest BCUT2D eigenvalue weighted by molar-refractivity contribution is 6.37. The molecular formula is C26H24N4O2. The fraction of sp³-hybridized carbons (Fsp3) is 0.231. The molecule has 2 aromatic carbocycles. The Bertz CT molecular complexity index is 1410. The zero-order chi connectivity index (χ0) is 22.7. The summed E-state index contributed by atoms with van der Waals surface area (Å²) in [5.74, 6) is -0.318. The van der Waals surface area contributed by atoms with Gasteiger partial charge in [0.1, 0.15) is 0 Å². The summed E-state index contributed by atoms with van der Waals surface area (Å²) >= 11 is 0. The molecule has 0 saturated heterocycles. The number of anilines is 1. The van der Waals surface area contributed by atoms with Crippen molar-refractivity contribution in [1.82, 2.24) is 14.8 Å². The van der Waals surface area contributed by atoms with Crippen LogP contribution in [0.2, 0.25) is 0 Å². The molecule has 1 aliphatic rings. The highest BCUT2D eigenvalue weighted by Crippen LogP contribution is 2.35. The number of hydrogen-bond acceptors (Lipinski definition) is 4. The summed E-state index contributed by atoms with van der Waals surface area (Å²) in [6, 6.07) is 13.6. The van der Waals surface area contributed by atoms with Gasteiger partial charge in [0.2, 0.25) is 0 Å². The van der Waals surface area contributed by atoms with Gasteiger partial charge in [-0.25, -0.2) is 14.6 Å². The number of nitrogens with zero attached hydrogens (tertiary/aromatic N) is 4. The lowest BCUT2D eigenvalue weighted by molar-refractivity contribution is 0.0926. The second-order valence-corrected chi connectivity index (χ2v) is 8.70. The van der Waals surface area contributed by atoms with Crippen molar-refractivity contribution in [1.29, 1.82) is 0 Å². The number of amides is 2. The Balaban J connectivity index is 1.65. The first kappa shape index (κ1) is 20.1. The largest absolute Gasteiger partial charge is 0.268 e. The average molecular weight is 425 g/mol. The Morgan fingerprint density at radius 3 is 2.19 bits per heavy atom. The number of fused-ring (bicyclic) bond motifs is 3. The van der Waals surface area contributed by atoms with Crippen LogP contribution >= 0.6 is 0 Å². The highest BCUT2D eigenvalue weighted by Gasteiger charge is 2.40. The van der Waals surface area contributed by atoms with Crippen molar-refractivity contribution in [2.45, 2.75) is 40.5 Å². The van der Waals surface area contributed by atoms with Crippen LogP contribution in [0.4, 0.5) is 5.69 Å². The van der Waals surface area contributed by atoms with Crippen molar-refractivity contribution in [2.75, 3.05) is 4.90 Å². The minimum absolute atomic E-state index is 0.318. The smallest absolute Gasteiger partial charge is 0.267 e. The van der Waals surface area contributed by atoms with Crippen molar-refractivity contribution in [3.8, 4) is 5.69 Å². The Labute approximate surface area is 186 Å². The van der Waals surface area contributed by atoms with Gasteiger partial charge < -0.3 is 0 Å². The number of aryl methyl sites for hydroxylation is 3. The standard InChI is InChI=1S/C26H24N4O2/c1-14(2)18-7-10-19(11-8-18)29-25(31)21-13-27-24-22(23(21)26(29)32)17(5)28-30(24)20-9-6-15(3)16(4)12-20/h6-14H,1-5H3. The van der Waals surface area contributed by atoms with Crippen molar-refractivity contribution >= 4 is 28.5 Å². The van der Waals surface area contributed by atoms with Gasteiger partial charge in [-0.15, -0.1) is 0 Å². The molecule has 2 aromatic heterocycles. The first-order chi connectivity index (χ1) is 15.3. The van der Waals surface area contributed by atoms with Crippen LogP contribution in [-0.2, 0) is 0 Å². The molecule has 160 valence electrons.